The first-order chi connectivity index (χ1) is 25.3. The van der Waals surface area contributed by atoms with Crippen molar-refractivity contribution in [1.82, 2.24) is 5.32 Å². The first kappa shape index (κ1) is 48.6. The highest BCUT2D eigenvalue weighted by atomic mass is 16.7. The lowest BCUT2D eigenvalue weighted by Crippen LogP contribution is -2.60. The molecule has 7 N–H and O–H groups in total. The van der Waals surface area contributed by atoms with Crippen molar-refractivity contribution in [2.75, 3.05) is 13.2 Å². The number of amides is 1. The summed E-state index contributed by atoms with van der Waals surface area (Å²) < 4.78 is 11.1. The number of hydrogen-bond donors (Lipinski definition) is 7. The second kappa shape index (κ2) is 33.0. The van der Waals surface area contributed by atoms with E-state index < -0.39 is 61.5 Å². The minimum absolute atomic E-state index is 0.307. The molecule has 0 aromatic rings. The summed E-state index contributed by atoms with van der Waals surface area (Å²) in [6.07, 6.45) is 26.9. The highest BCUT2D eigenvalue weighted by molar-refractivity contribution is 5.80. The number of rotatable bonds is 34. The van der Waals surface area contributed by atoms with Gasteiger partial charge in [0.25, 0.3) is 0 Å². The number of unbranched alkanes of at least 4 members (excludes halogenated alkanes) is 21. The minimum Gasteiger partial charge on any atom is -0.394 e. The van der Waals surface area contributed by atoms with Crippen molar-refractivity contribution >= 4 is 5.91 Å². The van der Waals surface area contributed by atoms with Gasteiger partial charge in [-0.15, -0.1) is 0 Å². The topological polar surface area (TPSA) is 169 Å². The molecule has 0 bridgehead atoms. The van der Waals surface area contributed by atoms with Crippen LogP contribution in [0.15, 0.2) is 24.3 Å². The third-order valence-corrected chi connectivity index (χ3v) is 10.1. The number of aliphatic hydroxyl groups is 6. The number of hydrogen-bond acceptors (Lipinski definition) is 9. The summed E-state index contributed by atoms with van der Waals surface area (Å²) in [5, 5.41) is 64.4. The van der Waals surface area contributed by atoms with Crippen molar-refractivity contribution in [2.45, 2.75) is 223 Å². The van der Waals surface area contributed by atoms with Gasteiger partial charge in [0.05, 0.1) is 25.4 Å². The second-order valence-corrected chi connectivity index (χ2v) is 14.9. The van der Waals surface area contributed by atoms with Crippen LogP contribution >= 0.6 is 0 Å². The van der Waals surface area contributed by atoms with Crippen LogP contribution in [0, 0.1) is 0 Å². The fourth-order valence-electron chi connectivity index (χ4n) is 6.57. The van der Waals surface area contributed by atoms with E-state index in [1.54, 1.807) is 6.08 Å². The van der Waals surface area contributed by atoms with Crippen molar-refractivity contribution in [3.8, 4) is 0 Å². The second-order valence-electron chi connectivity index (χ2n) is 14.9. The molecule has 1 fully saturated rings. The zero-order valence-corrected chi connectivity index (χ0v) is 32.9. The number of allylic oxidation sites excluding steroid dienone is 3. The van der Waals surface area contributed by atoms with Gasteiger partial charge in [0, 0.05) is 0 Å². The highest BCUT2D eigenvalue weighted by Crippen LogP contribution is 2.22. The van der Waals surface area contributed by atoms with Crippen molar-refractivity contribution in [3.05, 3.63) is 24.3 Å². The maximum Gasteiger partial charge on any atom is 0.249 e. The first-order valence-electron chi connectivity index (χ1n) is 21.2. The van der Waals surface area contributed by atoms with Crippen LogP contribution < -0.4 is 5.32 Å². The minimum atomic E-state index is -1.61. The predicted octanol–water partition coefficient (Wildman–Crippen LogP) is 6.91. The molecule has 0 aromatic heterocycles. The van der Waals surface area contributed by atoms with Gasteiger partial charge in [-0.2, -0.15) is 0 Å². The van der Waals surface area contributed by atoms with Crippen LogP contribution in [0.25, 0.3) is 0 Å². The molecule has 0 aromatic carbocycles. The standard InChI is InChI=1S/C42H79NO9/c1-3-5-7-9-11-13-15-16-17-18-19-20-21-23-24-26-28-30-35(45)34(33-51-42-40(49)39(48)38(47)37(32-44)52-42)43-41(50)36(46)31-29-27-25-22-14-12-10-8-6-4-2/h16-17,28,30,34-40,42,44-49H,3-15,18-27,29,31-33H2,1-2H3,(H,43,50)/t34-,35+,36+,37+,38+,39-,40+,42+/m0/s1. The summed E-state index contributed by atoms with van der Waals surface area (Å²) in [6, 6.07) is -0.979. The van der Waals surface area contributed by atoms with Crippen molar-refractivity contribution in [2.24, 2.45) is 0 Å². The lowest BCUT2D eigenvalue weighted by Gasteiger charge is -2.40. The molecular formula is C42H79NO9. The van der Waals surface area contributed by atoms with Gasteiger partial charge >= 0.3 is 0 Å². The molecule has 306 valence electrons. The Morgan fingerprint density at radius 1 is 0.654 bits per heavy atom. The van der Waals surface area contributed by atoms with Crippen molar-refractivity contribution in [3.63, 3.8) is 0 Å². The SMILES string of the molecule is CCCCCCCCC=CCCCCCCCC=C[C@@H](O)[C@H](CO[C@@H]1O[C@H](CO)[C@@H](O)[C@H](O)[C@H]1O)NC(=O)[C@H](O)CCCCCCCCCCCC. The molecule has 0 saturated carbocycles. The normalized spacial score (nSPS) is 22.7. The molecule has 0 spiro atoms. The smallest absolute Gasteiger partial charge is 0.249 e. The quantitative estimate of drug-likeness (QED) is 0.0274. The molecule has 52 heavy (non-hydrogen) atoms. The zero-order valence-electron chi connectivity index (χ0n) is 32.9. The highest BCUT2D eigenvalue weighted by Gasteiger charge is 2.44. The van der Waals surface area contributed by atoms with E-state index in [2.05, 4.69) is 31.3 Å². The maximum absolute atomic E-state index is 12.9. The summed E-state index contributed by atoms with van der Waals surface area (Å²) in [6.45, 7) is 3.56. The summed E-state index contributed by atoms with van der Waals surface area (Å²) in [4.78, 5) is 12.9. The Morgan fingerprint density at radius 3 is 1.62 bits per heavy atom. The van der Waals surface area contributed by atoms with Gasteiger partial charge < -0.3 is 45.4 Å². The molecule has 0 aliphatic carbocycles. The van der Waals surface area contributed by atoms with Crippen molar-refractivity contribution < 1.29 is 44.9 Å². The van der Waals surface area contributed by atoms with Crippen LogP contribution in [-0.2, 0) is 14.3 Å². The van der Waals surface area contributed by atoms with E-state index in [1.165, 1.54) is 96.3 Å². The molecule has 1 saturated heterocycles. The summed E-state index contributed by atoms with van der Waals surface area (Å²) in [7, 11) is 0. The lowest BCUT2D eigenvalue weighted by atomic mass is 9.99. The van der Waals surface area contributed by atoms with Gasteiger partial charge in [-0.25, -0.2) is 0 Å². The van der Waals surface area contributed by atoms with Crippen LogP contribution in [0.1, 0.15) is 174 Å². The fraction of sp³-hybridized carbons (Fsp3) is 0.881. The van der Waals surface area contributed by atoms with Gasteiger partial charge in [-0.05, 0) is 44.9 Å². The van der Waals surface area contributed by atoms with E-state index in [0.717, 1.165) is 57.8 Å². The van der Waals surface area contributed by atoms with Crippen LogP contribution in [0.2, 0.25) is 0 Å². The number of carbonyl (C=O) groups excluding carboxylic acids is 1. The molecule has 10 heteroatoms. The third kappa shape index (κ3) is 23.4. The molecule has 10 nitrogen and oxygen atoms in total. The molecular weight excluding hydrogens is 662 g/mol. The Bertz CT molecular complexity index is 886. The lowest BCUT2D eigenvalue weighted by molar-refractivity contribution is -0.302. The number of ether oxygens (including phenoxy) is 2. The first-order valence-corrected chi connectivity index (χ1v) is 21.2. The molecule has 1 heterocycles. The maximum atomic E-state index is 12.9. The molecule has 0 radical (unpaired) electrons. The van der Waals surface area contributed by atoms with Crippen molar-refractivity contribution in [1.29, 1.82) is 0 Å². The van der Waals surface area contributed by atoms with E-state index in [1.807, 2.05) is 6.08 Å². The molecule has 0 unspecified atom stereocenters. The predicted molar refractivity (Wildman–Crippen MR) is 209 cm³/mol. The van der Waals surface area contributed by atoms with Gasteiger partial charge in [0.2, 0.25) is 5.91 Å². The summed E-state index contributed by atoms with van der Waals surface area (Å²) in [5.41, 5.74) is 0. The van der Waals surface area contributed by atoms with E-state index >= 15 is 0 Å². The van der Waals surface area contributed by atoms with E-state index in [-0.39, 0.29) is 6.61 Å². The van der Waals surface area contributed by atoms with Gasteiger partial charge in [0.1, 0.15) is 30.5 Å². The zero-order chi connectivity index (χ0) is 38.2. The third-order valence-electron chi connectivity index (χ3n) is 10.1. The average Bonchev–Trinajstić information content (AvgIpc) is 3.14. The van der Waals surface area contributed by atoms with Crippen LogP contribution in [0.4, 0.5) is 0 Å². The van der Waals surface area contributed by atoms with Crippen LogP contribution in [0.5, 0.6) is 0 Å². The monoisotopic (exact) mass is 742 g/mol. The van der Waals surface area contributed by atoms with Crippen LogP contribution in [-0.4, -0.2) is 98.7 Å². The number of nitrogens with one attached hydrogen (secondary N) is 1. The van der Waals surface area contributed by atoms with Gasteiger partial charge in [0.15, 0.2) is 6.29 Å². The van der Waals surface area contributed by atoms with E-state index in [0.29, 0.717) is 6.42 Å². The fourth-order valence-corrected chi connectivity index (χ4v) is 6.57. The Morgan fingerprint density at radius 2 is 1.12 bits per heavy atom. The van der Waals surface area contributed by atoms with Gasteiger partial charge in [-0.3, -0.25) is 4.79 Å². The Balaban J connectivity index is 2.48. The molecule has 1 rings (SSSR count). The molecule has 1 aliphatic heterocycles. The average molecular weight is 742 g/mol. The molecule has 1 amide bonds. The molecule has 1 aliphatic rings. The van der Waals surface area contributed by atoms with Gasteiger partial charge in [-0.1, -0.05) is 154 Å². The Labute approximate surface area is 316 Å². The molecule has 8 atom stereocenters. The summed E-state index contributed by atoms with van der Waals surface area (Å²) >= 11 is 0. The number of carbonyl (C=O) groups is 1. The number of aliphatic hydroxyl groups excluding tert-OH is 6. The van der Waals surface area contributed by atoms with Crippen LogP contribution in [0.3, 0.4) is 0 Å². The Hall–Kier alpha value is -1.37. The van der Waals surface area contributed by atoms with E-state index in [9.17, 15) is 35.4 Å². The Kier molecular flexibility index (Phi) is 30.9. The largest absolute Gasteiger partial charge is 0.394 e. The van der Waals surface area contributed by atoms with E-state index in [4.69, 9.17) is 9.47 Å². The summed E-state index contributed by atoms with van der Waals surface area (Å²) in [5.74, 6) is -0.622.